The number of hydrogen-bond acceptors (Lipinski definition) is 2. The van der Waals surface area contributed by atoms with E-state index in [0.717, 1.165) is 5.56 Å². The summed E-state index contributed by atoms with van der Waals surface area (Å²) in [5.41, 5.74) is 6.74. The molecule has 2 rings (SSSR count). The average molecular weight is 314 g/mol. The van der Waals surface area contributed by atoms with Crippen LogP contribution in [0.25, 0.3) is 0 Å². The van der Waals surface area contributed by atoms with Crippen LogP contribution in [0.3, 0.4) is 0 Å². The fourth-order valence-corrected chi connectivity index (χ4v) is 2.38. The Labute approximate surface area is 127 Å². The first-order valence-electron chi connectivity index (χ1n) is 6.09. The molecule has 5 heteroatoms. The molecular weight excluding hydrogens is 300 g/mol. The van der Waals surface area contributed by atoms with Crippen LogP contribution in [0.15, 0.2) is 42.5 Å². The van der Waals surface area contributed by atoms with E-state index < -0.39 is 6.10 Å². The molecule has 0 saturated carbocycles. The van der Waals surface area contributed by atoms with Gasteiger partial charge in [-0.1, -0.05) is 35.3 Å². The molecule has 0 amide bonds. The minimum atomic E-state index is -0.412. The van der Waals surface area contributed by atoms with Crippen molar-refractivity contribution >= 4 is 23.2 Å². The number of rotatable bonds is 4. The predicted octanol–water partition coefficient (Wildman–Crippen LogP) is 4.60. The molecule has 0 aliphatic heterocycles. The van der Waals surface area contributed by atoms with Crippen LogP contribution >= 0.6 is 23.2 Å². The van der Waals surface area contributed by atoms with Crippen molar-refractivity contribution in [2.75, 3.05) is 0 Å². The smallest absolute Gasteiger partial charge is 0.138 e. The van der Waals surface area contributed by atoms with Crippen LogP contribution < -0.4 is 10.5 Å². The highest BCUT2D eigenvalue weighted by Crippen LogP contribution is 2.29. The van der Waals surface area contributed by atoms with Crippen LogP contribution in [0.2, 0.25) is 10.0 Å². The highest BCUT2D eigenvalue weighted by atomic mass is 35.5. The Kier molecular flexibility index (Phi) is 4.86. The van der Waals surface area contributed by atoms with E-state index in [1.54, 1.807) is 30.3 Å². The maximum Gasteiger partial charge on any atom is 0.138 e. The zero-order valence-electron chi connectivity index (χ0n) is 10.8. The summed E-state index contributed by atoms with van der Waals surface area (Å²) in [4.78, 5) is 0. The quantitative estimate of drug-likeness (QED) is 0.895. The van der Waals surface area contributed by atoms with E-state index in [9.17, 15) is 4.39 Å². The van der Waals surface area contributed by atoms with Crippen LogP contribution in [-0.4, -0.2) is 6.04 Å². The second-order valence-electron chi connectivity index (χ2n) is 4.55. The van der Waals surface area contributed by atoms with Gasteiger partial charge in [0, 0.05) is 16.1 Å². The third kappa shape index (κ3) is 3.85. The maximum absolute atomic E-state index is 13.0. The van der Waals surface area contributed by atoms with Gasteiger partial charge in [0.15, 0.2) is 0 Å². The largest absolute Gasteiger partial charge is 0.484 e. The maximum atomic E-state index is 13.0. The summed E-state index contributed by atoms with van der Waals surface area (Å²) < 4.78 is 18.8. The number of ether oxygens (including phenoxy) is 1. The molecule has 106 valence electrons. The lowest BCUT2D eigenvalue weighted by atomic mass is 10.0. The third-order valence-electron chi connectivity index (χ3n) is 2.78. The van der Waals surface area contributed by atoms with Crippen molar-refractivity contribution in [3.63, 3.8) is 0 Å². The molecule has 0 spiro atoms. The zero-order chi connectivity index (χ0) is 14.7. The summed E-state index contributed by atoms with van der Waals surface area (Å²) in [6.45, 7) is 1.82. The zero-order valence-corrected chi connectivity index (χ0v) is 12.3. The number of halogens is 3. The van der Waals surface area contributed by atoms with Crippen molar-refractivity contribution in [1.82, 2.24) is 0 Å². The normalized spacial score (nSPS) is 13.8. The van der Waals surface area contributed by atoms with Gasteiger partial charge in [0.2, 0.25) is 0 Å². The lowest BCUT2D eigenvalue weighted by Gasteiger charge is -2.23. The molecule has 0 aliphatic carbocycles. The molecule has 0 radical (unpaired) electrons. The summed E-state index contributed by atoms with van der Waals surface area (Å²) in [6.07, 6.45) is -0.412. The van der Waals surface area contributed by atoms with Gasteiger partial charge in [0.1, 0.15) is 17.7 Å². The topological polar surface area (TPSA) is 35.2 Å². The van der Waals surface area contributed by atoms with E-state index in [1.807, 2.05) is 6.92 Å². The monoisotopic (exact) mass is 313 g/mol. The standard InChI is InChI=1S/C15H14Cl2FNO/c1-9(19)15(10-2-4-13(18)5-3-10)20-14-7-11(16)6-12(17)8-14/h2-9,15H,19H2,1H3. The van der Waals surface area contributed by atoms with E-state index in [1.165, 1.54) is 12.1 Å². The van der Waals surface area contributed by atoms with E-state index in [2.05, 4.69) is 0 Å². The van der Waals surface area contributed by atoms with E-state index >= 15 is 0 Å². The van der Waals surface area contributed by atoms with Crippen LogP contribution in [0.4, 0.5) is 4.39 Å². The molecule has 0 saturated heterocycles. The Balaban J connectivity index is 2.27. The average Bonchev–Trinajstić information content (AvgIpc) is 2.36. The molecule has 2 N–H and O–H groups in total. The third-order valence-corrected chi connectivity index (χ3v) is 3.21. The van der Waals surface area contributed by atoms with Gasteiger partial charge < -0.3 is 10.5 Å². The van der Waals surface area contributed by atoms with Crippen LogP contribution in [0.5, 0.6) is 5.75 Å². The van der Waals surface area contributed by atoms with Crippen LogP contribution in [0, 0.1) is 5.82 Å². The Morgan fingerprint density at radius 3 is 2.10 bits per heavy atom. The molecule has 0 fully saturated rings. The van der Waals surface area contributed by atoms with Crippen molar-refractivity contribution < 1.29 is 9.13 Å². The van der Waals surface area contributed by atoms with Crippen LogP contribution in [0.1, 0.15) is 18.6 Å². The molecule has 20 heavy (non-hydrogen) atoms. The highest BCUT2D eigenvalue weighted by molar-refractivity contribution is 6.34. The molecule has 2 atom stereocenters. The van der Waals surface area contributed by atoms with Crippen molar-refractivity contribution in [2.45, 2.75) is 19.1 Å². The summed E-state index contributed by atoms with van der Waals surface area (Å²) in [6, 6.07) is 10.7. The second kappa shape index (κ2) is 6.44. The Morgan fingerprint density at radius 1 is 1.05 bits per heavy atom. The predicted molar refractivity (Wildman–Crippen MR) is 79.9 cm³/mol. The summed E-state index contributed by atoms with van der Waals surface area (Å²) in [5.74, 6) is 0.220. The SMILES string of the molecule is CC(N)C(Oc1cc(Cl)cc(Cl)c1)c1ccc(F)cc1. The van der Waals surface area contributed by atoms with Gasteiger partial charge in [0.05, 0.1) is 0 Å². The van der Waals surface area contributed by atoms with Gasteiger partial charge >= 0.3 is 0 Å². The highest BCUT2D eigenvalue weighted by Gasteiger charge is 2.18. The van der Waals surface area contributed by atoms with Crippen molar-refractivity contribution in [1.29, 1.82) is 0 Å². The number of benzene rings is 2. The molecular formula is C15H14Cl2FNO. The lowest BCUT2D eigenvalue weighted by molar-refractivity contribution is 0.180. The Hall–Kier alpha value is -1.29. The minimum absolute atomic E-state index is 0.279. The van der Waals surface area contributed by atoms with E-state index in [4.69, 9.17) is 33.7 Å². The van der Waals surface area contributed by atoms with Gasteiger partial charge in [-0.3, -0.25) is 0 Å². The molecule has 2 unspecified atom stereocenters. The van der Waals surface area contributed by atoms with Gasteiger partial charge in [-0.2, -0.15) is 0 Å². The molecule has 0 heterocycles. The molecule has 2 aromatic rings. The van der Waals surface area contributed by atoms with Gasteiger partial charge in [-0.15, -0.1) is 0 Å². The molecule has 2 nitrogen and oxygen atoms in total. The lowest BCUT2D eigenvalue weighted by Crippen LogP contribution is -2.29. The molecule has 0 aromatic heterocycles. The Bertz CT molecular complexity index is 567. The van der Waals surface area contributed by atoms with Crippen LogP contribution in [-0.2, 0) is 0 Å². The van der Waals surface area contributed by atoms with Gasteiger partial charge in [0.25, 0.3) is 0 Å². The number of nitrogens with two attached hydrogens (primary N) is 1. The van der Waals surface area contributed by atoms with Crippen molar-refractivity contribution in [3.8, 4) is 5.75 Å². The first-order chi connectivity index (χ1) is 9.45. The van der Waals surface area contributed by atoms with E-state index in [-0.39, 0.29) is 11.9 Å². The molecule has 0 bridgehead atoms. The Morgan fingerprint density at radius 2 is 1.60 bits per heavy atom. The minimum Gasteiger partial charge on any atom is -0.484 e. The van der Waals surface area contributed by atoms with Crippen molar-refractivity contribution in [2.24, 2.45) is 5.73 Å². The summed E-state index contributed by atoms with van der Waals surface area (Å²) in [7, 11) is 0. The first kappa shape index (κ1) is 15.1. The summed E-state index contributed by atoms with van der Waals surface area (Å²) in [5, 5.41) is 0.963. The molecule has 0 aliphatic rings. The second-order valence-corrected chi connectivity index (χ2v) is 5.43. The van der Waals surface area contributed by atoms with E-state index in [0.29, 0.717) is 15.8 Å². The number of hydrogen-bond donors (Lipinski definition) is 1. The van der Waals surface area contributed by atoms with Gasteiger partial charge in [-0.25, -0.2) is 4.39 Å². The fraction of sp³-hybridized carbons (Fsp3) is 0.200. The summed E-state index contributed by atoms with van der Waals surface area (Å²) >= 11 is 11.9. The fourth-order valence-electron chi connectivity index (χ4n) is 1.87. The first-order valence-corrected chi connectivity index (χ1v) is 6.85. The van der Waals surface area contributed by atoms with Crippen molar-refractivity contribution in [3.05, 3.63) is 63.9 Å². The molecule has 2 aromatic carbocycles. The van der Waals surface area contributed by atoms with Gasteiger partial charge in [-0.05, 0) is 42.8 Å².